The highest BCUT2D eigenvalue weighted by molar-refractivity contribution is 6.21. The molecule has 0 aromatic heterocycles. The summed E-state index contributed by atoms with van der Waals surface area (Å²) in [6.45, 7) is 5.26. The van der Waals surface area contributed by atoms with Gasteiger partial charge in [0.1, 0.15) is 0 Å². The predicted molar refractivity (Wildman–Crippen MR) is 57.6 cm³/mol. The fourth-order valence-corrected chi connectivity index (χ4v) is 2.03. The smallest absolute Gasteiger partial charge is 0.0622 e. The molecule has 0 spiro atoms. The Hall–Kier alpha value is -0.690. The monoisotopic (exact) mass is 195 g/mol. The van der Waals surface area contributed by atoms with Gasteiger partial charge in [-0.3, -0.25) is 0 Å². The van der Waals surface area contributed by atoms with E-state index in [0.717, 1.165) is 13.0 Å². The lowest BCUT2D eigenvalue weighted by atomic mass is 9.98. The largest absolute Gasteiger partial charge is 0.385 e. The van der Waals surface area contributed by atoms with Gasteiger partial charge in [0, 0.05) is 12.2 Å². The van der Waals surface area contributed by atoms with Crippen molar-refractivity contribution in [2.75, 3.05) is 11.9 Å². The molecule has 0 amide bonds. The second-order valence-electron chi connectivity index (χ2n) is 3.71. The molecule has 70 valence electrons. The molecule has 1 unspecified atom stereocenters. The van der Waals surface area contributed by atoms with Crippen molar-refractivity contribution in [3.05, 3.63) is 28.8 Å². The third-order valence-corrected chi connectivity index (χ3v) is 3.17. The highest BCUT2D eigenvalue weighted by atomic mass is 35.5. The molecule has 1 aromatic rings. The van der Waals surface area contributed by atoms with Crippen LogP contribution in [0.15, 0.2) is 12.1 Å². The Labute approximate surface area is 84.1 Å². The summed E-state index contributed by atoms with van der Waals surface area (Å²) in [6, 6.07) is 4.40. The van der Waals surface area contributed by atoms with Gasteiger partial charge in [0.15, 0.2) is 0 Å². The fourth-order valence-electron chi connectivity index (χ4n) is 1.74. The molecular weight excluding hydrogens is 182 g/mol. The van der Waals surface area contributed by atoms with Crippen LogP contribution >= 0.6 is 11.6 Å². The summed E-state index contributed by atoms with van der Waals surface area (Å²) >= 11 is 6.23. The maximum absolute atomic E-state index is 6.23. The molecular formula is C11H14ClN. The first-order valence-electron chi connectivity index (χ1n) is 4.67. The van der Waals surface area contributed by atoms with E-state index >= 15 is 0 Å². The van der Waals surface area contributed by atoms with Gasteiger partial charge in [-0.2, -0.15) is 0 Å². The number of fused-ring (bicyclic) bond motifs is 1. The number of nitrogens with one attached hydrogen (secondary N) is 1. The summed E-state index contributed by atoms with van der Waals surface area (Å²) in [4.78, 5) is 0. The Morgan fingerprint density at radius 2 is 2.00 bits per heavy atom. The van der Waals surface area contributed by atoms with Crippen molar-refractivity contribution in [1.29, 1.82) is 0 Å². The van der Waals surface area contributed by atoms with Crippen LogP contribution in [0.25, 0.3) is 0 Å². The number of halogens is 1. The van der Waals surface area contributed by atoms with Crippen molar-refractivity contribution >= 4 is 17.3 Å². The van der Waals surface area contributed by atoms with Crippen LogP contribution in [0.1, 0.15) is 28.5 Å². The topological polar surface area (TPSA) is 12.0 Å². The average molecular weight is 196 g/mol. The van der Waals surface area contributed by atoms with Gasteiger partial charge < -0.3 is 5.32 Å². The van der Waals surface area contributed by atoms with Crippen molar-refractivity contribution in [3.8, 4) is 0 Å². The molecule has 1 atom stereocenters. The highest BCUT2D eigenvalue weighted by Gasteiger charge is 2.17. The Bertz CT molecular complexity index is 333. The van der Waals surface area contributed by atoms with Gasteiger partial charge in [-0.1, -0.05) is 6.07 Å². The van der Waals surface area contributed by atoms with Gasteiger partial charge in [0.2, 0.25) is 0 Å². The predicted octanol–water partition coefficient (Wildman–Crippen LogP) is 3.40. The minimum absolute atomic E-state index is 0.190. The molecule has 1 nitrogen and oxygen atoms in total. The zero-order valence-corrected chi connectivity index (χ0v) is 8.78. The zero-order valence-electron chi connectivity index (χ0n) is 8.02. The third kappa shape index (κ3) is 1.53. The van der Waals surface area contributed by atoms with Crippen LogP contribution in [0.4, 0.5) is 5.69 Å². The molecule has 1 aliphatic rings. The van der Waals surface area contributed by atoms with E-state index in [4.69, 9.17) is 11.6 Å². The van der Waals surface area contributed by atoms with Gasteiger partial charge in [-0.05, 0) is 43.0 Å². The second-order valence-corrected chi connectivity index (χ2v) is 4.23. The highest BCUT2D eigenvalue weighted by Crippen LogP contribution is 2.35. The standard InChI is InChI=1S/C11H14ClN/c1-7-5-9-10(12)3-4-13-11(9)6-8(7)2/h5-6,10,13H,3-4H2,1-2H3. The maximum Gasteiger partial charge on any atom is 0.0622 e. The van der Waals surface area contributed by atoms with E-state index in [1.165, 1.54) is 22.4 Å². The van der Waals surface area contributed by atoms with Crippen LogP contribution in [0.3, 0.4) is 0 Å². The summed E-state index contributed by atoms with van der Waals surface area (Å²) in [7, 11) is 0. The van der Waals surface area contributed by atoms with Crippen molar-refractivity contribution < 1.29 is 0 Å². The van der Waals surface area contributed by atoms with Crippen LogP contribution in [0, 0.1) is 13.8 Å². The SMILES string of the molecule is Cc1cc2c(cc1C)C(Cl)CCN2. The van der Waals surface area contributed by atoms with Crippen molar-refractivity contribution in [3.63, 3.8) is 0 Å². The number of benzene rings is 1. The Balaban J connectivity index is 2.52. The van der Waals surface area contributed by atoms with Crippen LogP contribution in [-0.4, -0.2) is 6.54 Å². The van der Waals surface area contributed by atoms with E-state index in [0.29, 0.717) is 0 Å². The van der Waals surface area contributed by atoms with Gasteiger partial charge >= 0.3 is 0 Å². The van der Waals surface area contributed by atoms with Gasteiger partial charge in [0.25, 0.3) is 0 Å². The molecule has 2 heteroatoms. The maximum atomic E-state index is 6.23. The second kappa shape index (κ2) is 3.22. The van der Waals surface area contributed by atoms with Gasteiger partial charge in [-0.25, -0.2) is 0 Å². The molecule has 0 fully saturated rings. The van der Waals surface area contributed by atoms with E-state index in [1.54, 1.807) is 0 Å². The first-order chi connectivity index (χ1) is 6.18. The zero-order chi connectivity index (χ0) is 9.42. The van der Waals surface area contributed by atoms with Crippen molar-refractivity contribution in [1.82, 2.24) is 0 Å². The Kier molecular flexibility index (Phi) is 2.20. The molecule has 1 N–H and O–H groups in total. The van der Waals surface area contributed by atoms with Crippen LogP contribution in [0.2, 0.25) is 0 Å². The molecule has 13 heavy (non-hydrogen) atoms. The molecule has 0 aliphatic carbocycles. The first-order valence-corrected chi connectivity index (χ1v) is 5.11. The van der Waals surface area contributed by atoms with E-state index in [9.17, 15) is 0 Å². The molecule has 1 aliphatic heterocycles. The van der Waals surface area contributed by atoms with Gasteiger partial charge in [0.05, 0.1) is 5.38 Å². The molecule has 1 heterocycles. The van der Waals surface area contributed by atoms with Gasteiger partial charge in [-0.15, -0.1) is 11.6 Å². The molecule has 0 radical (unpaired) electrons. The Morgan fingerprint density at radius 1 is 1.31 bits per heavy atom. The third-order valence-electron chi connectivity index (χ3n) is 2.72. The number of aryl methyl sites for hydroxylation is 2. The minimum atomic E-state index is 0.190. The normalized spacial score (nSPS) is 20.7. The molecule has 0 saturated carbocycles. The lowest BCUT2D eigenvalue weighted by Crippen LogP contribution is -2.14. The minimum Gasteiger partial charge on any atom is -0.385 e. The number of alkyl halides is 1. The van der Waals surface area contributed by atoms with Crippen LogP contribution in [0.5, 0.6) is 0 Å². The van der Waals surface area contributed by atoms with Crippen LogP contribution in [-0.2, 0) is 0 Å². The van der Waals surface area contributed by atoms with E-state index in [2.05, 4.69) is 31.3 Å². The lowest BCUT2D eigenvalue weighted by Gasteiger charge is -2.23. The summed E-state index contributed by atoms with van der Waals surface area (Å²) < 4.78 is 0. The Morgan fingerprint density at radius 3 is 2.77 bits per heavy atom. The summed E-state index contributed by atoms with van der Waals surface area (Å²) in [5.74, 6) is 0. The number of hydrogen-bond acceptors (Lipinski definition) is 1. The molecule has 2 rings (SSSR count). The van der Waals surface area contributed by atoms with Crippen molar-refractivity contribution in [2.45, 2.75) is 25.6 Å². The number of hydrogen-bond donors (Lipinski definition) is 1. The van der Waals surface area contributed by atoms with E-state index in [1.807, 2.05) is 0 Å². The quantitative estimate of drug-likeness (QED) is 0.626. The summed E-state index contributed by atoms with van der Waals surface area (Å²) in [5.41, 5.74) is 5.13. The lowest BCUT2D eigenvalue weighted by molar-refractivity contribution is 0.800. The summed E-state index contributed by atoms with van der Waals surface area (Å²) in [6.07, 6.45) is 1.02. The van der Waals surface area contributed by atoms with E-state index < -0.39 is 0 Å². The molecule has 1 aromatic carbocycles. The number of rotatable bonds is 0. The summed E-state index contributed by atoms with van der Waals surface area (Å²) in [5, 5.41) is 3.57. The number of anilines is 1. The molecule has 0 saturated heterocycles. The van der Waals surface area contributed by atoms with Crippen molar-refractivity contribution in [2.24, 2.45) is 0 Å². The fraction of sp³-hybridized carbons (Fsp3) is 0.455. The molecule has 0 bridgehead atoms. The van der Waals surface area contributed by atoms with E-state index in [-0.39, 0.29) is 5.38 Å². The first kappa shape index (κ1) is 8.89. The average Bonchev–Trinajstić information content (AvgIpc) is 2.09. The van der Waals surface area contributed by atoms with Crippen LogP contribution < -0.4 is 5.32 Å².